The van der Waals surface area contributed by atoms with E-state index < -0.39 is 9.05 Å². The van der Waals surface area contributed by atoms with Crippen molar-refractivity contribution in [2.24, 2.45) is 5.73 Å². The standard InChI is InChI=1S/C6H15NO3S2/c7-5-3-1-2-4-6-11-12(8,9)10/h1-7H2,(H-,8,9,10)/p+1. The van der Waals surface area contributed by atoms with Crippen molar-refractivity contribution >= 4 is 19.4 Å². The third kappa shape index (κ3) is 10.2. The molecule has 0 spiro atoms. The second-order valence-electron chi connectivity index (χ2n) is 2.47. The molecule has 0 aliphatic heterocycles. The van der Waals surface area contributed by atoms with Gasteiger partial charge in [0.15, 0.2) is 5.75 Å². The molecule has 0 saturated carbocycles. The molecule has 0 bridgehead atoms. The first-order valence-corrected chi connectivity index (χ1v) is 6.87. The van der Waals surface area contributed by atoms with Crippen LogP contribution in [-0.4, -0.2) is 25.6 Å². The van der Waals surface area contributed by atoms with Crippen molar-refractivity contribution in [3.63, 3.8) is 0 Å². The first-order chi connectivity index (χ1) is 5.56. The van der Waals surface area contributed by atoms with Gasteiger partial charge in [-0.15, -0.1) is 0 Å². The zero-order chi connectivity index (χ0) is 9.45. The van der Waals surface area contributed by atoms with Crippen molar-refractivity contribution in [2.75, 3.05) is 12.3 Å². The summed E-state index contributed by atoms with van der Waals surface area (Å²) in [6, 6.07) is 0. The van der Waals surface area contributed by atoms with Crippen LogP contribution >= 0.6 is 0 Å². The molecule has 0 radical (unpaired) electrons. The Morgan fingerprint density at radius 1 is 1.17 bits per heavy atom. The fourth-order valence-electron chi connectivity index (χ4n) is 0.767. The largest absolute Gasteiger partial charge is 0.430 e. The van der Waals surface area contributed by atoms with Gasteiger partial charge in [0.25, 0.3) is 10.3 Å². The zero-order valence-corrected chi connectivity index (χ0v) is 8.57. The van der Waals surface area contributed by atoms with Crippen LogP contribution in [0.3, 0.4) is 0 Å². The SMILES string of the molecule is NCCCCCC[S+]=S(=O)(O)O. The maximum absolute atomic E-state index is 10.3. The van der Waals surface area contributed by atoms with Gasteiger partial charge in [0.2, 0.25) is 0 Å². The molecule has 0 aliphatic carbocycles. The van der Waals surface area contributed by atoms with Crippen molar-refractivity contribution in [3.05, 3.63) is 0 Å². The number of hydrogen-bond acceptors (Lipinski definition) is 2. The van der Waals surface area contributed by atoms with E-state index in [1.165, 1.54) is 0 Å². The minimum absolute atomic E-state index is 0.524. The summed E-state index contributed by atoms with van der Waals surface area (Å²) in [5, 5.41) is 0. The molecule has 0 aromatic heterocycles. The van der Waals surface area contributed by atoms with Crippen LogP contribution in [0.25, 0.3) is 0 Å². The molecule has 0 aromatic rings. The number of unbranched alkanes of at least 4 members (excludes halogenated alkanes) is 3. The third-order valence-corrected chi connectivity index (χ3v) is 3.52. The van der Waals surface area contributed by atoms with Gasteiger partial charge >= 0.3 is 9.05 Å². The zero-order valence-electron chi connectivity index (χ0n) is 6.94. The monoisotopic (exact) mass is 214 g/mol. The Balaban J connectivity index is 3.28. The van der Waals surface area contributed by atoms with Gasteiger partial charge in [-0.2, -0.15) is 4.21 Å². The highest BCUT2D eigenvalue weighted by molar-refractivity contribution is 8.34. The first kappa shape index (κ1) is 12.2. The van der Waals surface area contributed by atoms with Gasteiger partial charge in [-0.1, -0.05) is 6.42 Å². The first-order valence-electron chi connectivity index (χ1n) is 3.90. The van der Waals surface area contributed by atoms with E-state index in [2.05, 4.69) is 0 Å². The lowest BCUT2D eigenvalue weighted by Gasteiger charge is -1.91. The Kier molecular flexibility index (Phi) is 6.87. The molecule has 0 saturated heterocycles. The molecular formula is C6H16NO3S2+. The van der Waals surface area contributed by atoms with Crippen LogP contribution < -0.4 is 5.73 Å². The van der Waals surface area contributed by atoms with Crippen LogP contribution in [0.2, 0.25) is 0 Å². The highest BCUT2D eigenvalue weighted by atomic mass is 32.9. The Morgan fingerprint density at radius 3 is 2.25 bits per heavy atom. The lowest BCUT2D eigenvalue weighted by Crippen LogP contribution is -1.99. The Morgan fingerprint density at radius 2 is 1.75 bits per heavy atom. The van der Waals surface area contributed by atoms with E-state index in [4.69, 9.17) is 14.8 Å². The molecule has 0 atom stereocenters. The summed E-state index contributed by atoms with van der Waals surface area (Å²) in [5.41, 5.74) is 5.28. The molecule has 4 N–H and O–H groups in total. The number of nitrogens with two attached hydrogens (primary N) is 1. The summed E-state index contributed by atoms with van der Waals surface area (Å²) < 4.78 is 27.2. The van der Waals surface area contributed by atoms with E-state index in [1.807, 2.05) is 0 Å². The van der Waals surface area contributed by atoms with Crippen molar-refractivity contribution in [3.8, 4) is 0 Å². The fraction of sp³-hybridized carbons (Fsp3) is 1.00. The Bertz CT molecular complexity index is 203. The fourth-order valence-corrected chi connectivity index (χ4v) is 2.31. The van der Waals surface area contributed by atoms with Crippen molar-refractivity contribution in [1.29, 1.82) is 0 Å². The predicted octanol–water partition coefficient (Wildman–Crippen LogP) is 0.734. The molecule has 74 valence electrons. The Hall–Kier alpha value is 0.250. The van der Waals surface area contributed by atoms with Crippen LogP contribution in [0.1, 0.15) is 25.7 Å². The molecule has 0 unspecified atom stereocenters. The summed E-state index contributed by atoms with van der Waals surface area (Å²) in [5.74, 6) is 0.524. The molecule has 0 rings (SSSR count). The van der Waals surface area contributed by atoms with Gasteiger partial charge in [-0.25, -0.2) is 0 Å². The van der Waals surface area contributed by atoms with Crippen LogP contribution in [0, 0.1) is 0 Å². The quantitative estimate of drug-likeness (QED) is 0.449. The van der Waals surface area contributed by atoms with E-state index in [0.29, 0.717) is 22.6 Å². The lowest BCUT2D eigenvalue weighted by molar-refractivity contribution is 0.450. The van der Waals surface area contributed by atoms with Crippen LogP contribution in [0.15, 0.2) is 0 Å². The molecule has 12 heavy (non-hydrogen) atoms. The van der Waals surface area contributed by atoms with Crippen LogP contribution in [0.4, 0.5) is 0 Å². The van der Waals surface area contributed by atoms with E-state index in [9.17, 15) is 4.21 Å². The topological polar surface area (TPSA) is 83.6 Å². The van der Waals surface area contributed by atoms with Crippen LogP contribution in [0.5, 0.6) is 0 Å². The number of rotatable bonds is 6. The van der Waals surface area contributed by atoms with Gasteiger partial charge in [-0.3, -0.25) is 9.11 Å². The molecule has 0 aliphatic rings. The summed E-state index contributed by atoms with van der Waals surface area (Å²) in [6.07, 6.45) is 3.90. The van der Waals surface area contributed by atoms with E-state index in [1.54, 1.807) is 0 Å². The summed E-state index contributed by atoms with van der Waals surface area (Å²) in [4.78, 5) is 0. The maximum atomic E-state index is 10.3. The molecule has 4 nitrogen and oxygen atoms in total. The Labute approximate surface area is 76.8 Å². The summed E-state index contributed by atoms with van der Waals surface area (Å²) in [7, 11) is -2.88. The van der Waals surface area contributed by atoms with Gasteiger partial charge < -0.3 is 5.73 Å². The average molecular weight is 214 g/mol. The van der Waals surface area contributed by atoms with Gasteiger partial charge in [0.1, 0.15) is 0 Å². The van der Waals surface area contributed by atoms with Gasteiger partial charge in [0.05, 0.1) is 0 Å². The summed E-state index contributed by atoms with van der Waals surface area (Å²) >= 11 is 0. The van der Waals surface area contributed by atoms with Crippen molar-refractivity contribution in [2.45, 2.75) is 25.7 Å². The maximum Gasteiger partial charge on any atom is 0.430 e. The smallest absolute Gasteiger partial charge is 0.330 e. The lowest BCUT2D eigenvalue weighted by atomic mass is 10.2. The van der Waals surface area contributed by atoms with Crippen molar-refractivity contribution in [1.82, 2.24) is 0 Å². The highest BCUT2D eigenvalue weighted by Crippen LogP contribution is 1.98. The van der Waals surface area contributed by atoms with E-state index in [0.717, 1.165) is 25.7 Å². The van der Waals surface area contributed by atoms with E-state index in [-0.39, 0.29) is 0 Å². The van der Waals surface area contributed by atoms with Gasteiger partial charge in [-0.05, 0) is 19.4 Å². The molecule has 0 aromatic carbocycles. The van der Waals surface area contributed by atoms with E-state index >= 15 is 0 Å². The second kappa shape index (κ2) is 6.73. The molecular weight excluding hydrogens is 198 g/mol. The number of hydrogen-bond donors (Lipinski definition) is 3. The minimum atomic E-state index is -3.57. The molecule has 6 heteroatoms. The minimum Gasteiger partial charge on any atom is -0.330 e. The van der Waals surface area contributed by atoms with Crippen molar-refractivity contribution < 1.29 is 13.3 Å². The third-order valence-electron chi connectivity index (χ3n) is 1.34. The second-order valence-corrected chi connectivity index (χ2v) is 6.02. The normalized spacial score (nSPS) is 11.6. The highest BCUT2D eigenvalue weighted by Gasteiger charge is 2.07. The molecule has 0 heterocycles. The summed E-state index contributed by atoms with van der Waals surface area (Å²) in [6.45, 7) is 0.698. The van der Waals surface area contributed by atoms with Gasteiger partial charge in [0, 0.05) is 6.42 Å². The molecule has 0 fully saturated rings. The predicted molar refractivity (Wildman–Crippen MR) is 53.2 cm³/mol. The average Bonchev–Trinajstić information content (AvgIpc) is 1.94. The molecule has 0 amide bonds. The van der Waals surface area contributed by atoms with Crippen LogP contribution in [-0.2, 0) is 19.4 Å².